The molecular weight excluding hydrogens is 623 g/mol. The van der Waals surface area contributed by atoms with Crippen molar-refractivity contribution in [2.75, 3.05) is 6.54 Å². The maximum absolute atomic E-state index is 13.8. The van der Waals surface area contributed by atoms with Gasteiger partial charge in [-0.25, -0.2) is 4.79 Å². The van der Waals surface area contributed by atoms with E-state index in [1.165, 1.54) is 0 Å². The molecule has 1 aliphatic heterocycles. The molecule has 4 amide bonds. The molecule has 0 aliphatic carbocycles. The van der Waals surface area contributed by atoms with Crippen LogP contribution in [0.1, 0.15) is 61.3 Å². The number of nitrogens with zero attached hydrogens (tertiary/aromatic N) is 1. The number of fused-ring (bicyclic) bond motifs is 1. The highest BCUT2D eigenvalue weighted by atomic mass is 19.4. The molecule has 4 rings (SSSR count). The van der Waals surface area contributed by atoms with Crippen molar-refractivity contribution in [3.05, 3.63) is 65.5 Å². The van der Waals surface area contributed by atoms with Gasteiger partial charge in [-0.1, -0.05) is 61.5 Å². The Bertz CT molecular complexity index is 1620. The zero-order valence-corrected chi connectivity index (χ0v) is 25.7. The summed E-state index contributed by atoms with van der Waals surface area (Å²) >= 11 is 0. The van der Waals surface area contributed by atoms with Crippen molar-refractivity contribution < 1.29 is 46.8 Å². The highest BCUT2D eigenvalue weighted by Crippen LogP contribution is 2.29. The first-order chi connectivity index (χ1) is 22.2. The molecule has 2 heterocycles. The summed E-state index contributed by atoms with van der Waals surface area (Å²) in [7, 11) is 0. The molecule has 1 aliphatic rings. The smallest absolute Gasteiger partial charge is 0.452 e. The van der Waals surface area contributed by atoms with Crippen LogP contribution in [0.3, 0.4) is 0 Å². The number of aromatic nitrogens is 1. The van der Waals surface area contributed by atoms with Crippen LogP contribution in [0.5, 0.6) is 0 Å². The van der Waals surface area contributed by atoms with Crippen LogP contribution in [0.25, 0.3) is 10.8 Å². The molecule has 0 radical (unpaired) electrons. The van der Waals surface area contributed by atoms with E-state index < -0.39 is 65.4 Å². The third-order valence-corrected chi connectivity index (χ3v) is 7.82. The number of rotatable bonds is 13. The largest absolute Gasteiger partial charge is 0.480 e. The number of carboxylic acids is 1. The van der Waals surface area contributed by atoms with E-state index in [4.69, 9.17) is 0 Å². The average molecular weight is 660 g/mol. The van der Waals surface area contributed by atoms with Gasteiger partial charge in [0.2, 0.25) is 23.5 Å². The Labute approximate surface area is 267 Å². The molecule has 1 aromatic heterocycles. The third kappa shape index (κ3) is 9.30. The van der Waals surface area contributed by atoms with E-state index >= 15 is 0 Å². The molecule has 1 saturated heterocycles. The van der Waals surface area contributed by atoms with Gasteiger partial charge in [-0.15, -0.1) is 0 Å². The Hall–Kier alpha value is -4.95. The van der Waals surface area contributed by atoms with E-state index in [9.17, 15) is 42.3 Å². The van der Waals surface area contributed by atoms with Crippen LogP contribution in [-0.2, 0) is 31.8 Å². The molecule has 0 bridgehead atoms. The standard InChI is InChI=1S/C32H36F3N5O7/c1-17(2)13-22(28(42)39-25(31(45)46)15-20-10-6-12-36-27(20)41)37-29(43)23(14-19-9-5-8-18-7-3-4-11-21(18)19)38-30(44)24-16-26(47-40-24)32(33,34)35/h3-5,7-9,11,16-17,20,22-23,25H,6,10,12-15H2,1-2H3,(H,36,41)(H,37,43)(H,38,44)(H,39,42)(H,45,46). The maximum atomic E-state index is 13.8. The Kier molecular flexibility index (Phi) is 11.2. The van der Waals surface area contributed by atoms with E-state index in [0.29, 0.717) is 31.0 Å². The summed E-state index contributed by atoms with van der Waals surface area (Å²) in [5.74, 6) is -6.68. The predicted octanol–water partition coefficient (Wildman–Crippen LogP) is 3.20. The number of benzene rings is 2. The highest BCUT2D eigenvalue weighted by Gasteiger charge is 2.38. The molecule has 3 aromatic rings. The van der Waals surface area contributed by atoms with Crippen LogP contribution in [-0.4, -0.2) is 64.5 Å². The van der Waals surface area contributed by atoms with Gasteiger partial charge in [-0.3, -0.25) is 19.2 Å². The second kappa shape index (κ2) is 15.1. The van der Waals surface area contributed by atoms with Crippen LogP contribution in [0.2, 0.25) is 0 Å². The van der Waals surface area contributed by atoms with Gasteiger partial charge < -0.3 is 30.9 Å². The monoisotopic (exact) mass is 659 g/mol. The third-order valence-electron chi connectivity index (χ3n) is 7.82. The molecule has 2 aromatic carbocycles. The summed E-state index contributed by atoms with van der Waals surface area (Å²) in [6.07, 6.45) is -3.94. The number of carbonyl (C=O) groups excluding carboxylic acids is 4. The van der Waals surface area contributed by atoms with Gasteiger partial charge >= 0.3 is 12.1 Å². The summed E-state index contributed by atoms with van der Waals surface area (Å²) in [5, 5.41) is 24.7. The number of aliphatic carboxylic acids is 1. The number of hydrogen-bond donors (Lipinski definition) is 5. The predicted molar refractivity (Wildman–Crippen MR) is 162 cm³/mol. The van der Waals surface area contributed by atoms with Gasteiger partial charge in [-0.2, -0.15) is 13.2 Å². The summed E-state index contributed by atoms with van der Waals surface area (Å²) in [4.78, 5) is 64.6. The van der Waals surface area contributed by atoms with Gasteiger partial charge in [0.05, 0.1) is 0 Å². The molecule has 5 N–H and O–H groups in total. The van der Waals surface area contributed by atoms with Crippen molar-refractivity contribution in [2.24, 2.45) is 11.8 Å². The average Bonchev–Trinajstić information content (AvgIpc) is 3.52. The number of amides is 4. The summed E-state index contributed by atoms with van der Waals surface area (Å²) < 4.78 is 43.5. The fraction of sp³-hybridized carbons (Fsp3) is 0.438. The minimum atomic E-state index is -4.89. The van der Waals surface area contributed by atoms with Crippen LogP contribution < -0.4 is 21.3 Å². The van der Waals surface area contributed by atoms with E-state index in [1.807, 2.05) is 24.3 Å². The van der Waals surface area contributed by atoms with Crippen LogP contribution in [0.4, 0.5) is 13.2 Å². The first kappa shape index (κ1) is 34.9. The molecule has 12 nitrogen and oxygen atoms in total. The molecular formula is C32H36F3N5O7. The maximum Gasteiger partial charge on any atom is 0.452 e. The number of hydrogen-bond acceptors (Lipinski definition) is 7. The Morgan fingerprint density at radius 1 is 1.00 bits per heavy atom. The van der Waals surface area contributed by atoms with E-state index in [-0.39, 0.29) is 31.1 Å². The van der Waals surface area contributed by atoms with Crippen LogP contribution in [0, 0.1) is 11.8 Å². The lowest BCUT2D eigenvalue weighted by Gasteiger charge is -2.28. The van der Waals surface area contributed by atoms with Crippen molar-refractivity contribution in [3.8, 4) is 0 Å². The fourth-order valence-electron chi connectivity index (χ4n) is 5.46. The van der Waals surface area contributed by atoms with Crippen molar-refractivity contribution in [2.45, 2.75) is 70.3 Å². The number of piperidine rings is 1. The molecule has 0 spiro atoms. The Morgan fingerprint density at radius 2 is 1.68 bits per heavy atom. The van der Waals surface area contributed by atoms with E-state index in [0.717, 1.165) is 10.8 Å². The molecule has 4 atom stereocenters. The highest BCUT2D eigenvalue weighted by molar-refractivity contribution is 5.98. The van der Waals surface area contributed by atoms with Crippen molar-refractivity contribution in [1.82, 2.24) is 26.4 Å². The van der Waals surface area contributed by atoms with E-state index in [1.54, 1.807) is 32.0 Å². The molecule has 47 heavy (non-hydrogen) atoms. The summed E-state index contributed by atoms with van der Waals surface area (Å²) in [6.45, 7) is 4.05. The molecule has 4 unspecified atom stereocenters. The number of alkyl halides is 3. The second-order valence-electron chi connectivity index (χ2n) is 11.9. The first-order valence-corrected chi connectivity index (χ1v) is 15.2. The molecule has 0 saturated carbocycles. The normalized spacial score (nSPS) is 17.0. The second-order valence-corrected chi connectivity index (χ2v) is 11.9. The summed E-state index contributed by atoms with van der Waals surface area (Å²) in [6, 6.07) is 8.93. The molecule has 1 fully saturated rings. The zero-order chi connectivity index (χ0) is 34.3. The van der Waals surface area contributed by atoms with Crippen LogP contribution >= 0.6 is 0 Å². The Morgan fingerprint density at radius 3 is 2.34 bits per heavy atom. The summed E-state index contributed by atoms with van der Waals surface area (Å²) in [5.41, 5.74) is -0.0817. The quantitative estimate of drug-likeness (QED) is 0.186. The lowest BCUT2D eigenvalue weighted by molar-refractivity contribution is -0.155. The zero-order valence-electron chi connectivity index (χ0n) is 25.7. The topological polar surface area (TPSA) is 180 Å². The Balaban J connectivity index is 1.58. The molecule has 15 heteroatoms. The van der Waals surface area contributed by atoms with Gasteiger partial charge in [0.15, 0.2) is 5.69 Å². The number of carboxylic acid groups (broad SMARTS) is 1. The van der Waals surface area contributed by atoms with Crippen molar-refractivity contribution in [3.63, 3.8) is 0 Å². The lowest BCUT2D eigenvalue weighted by atomic mass is 9.91. The van der Waals surface area contributed by atoms with Crippen molar-refractivity contribution in [1.29, 1.82) is 0 Å². The SMILES string of the molecule is CC(C)CC(NC(=O)C(Cc1cccc2ccccc12)NC(=O)c1cc(C(F)(F)F)on1)C(=O)NC(CC1CCCNC1=O)C(=O)O. The molecule has 252 valence electrons. The fourth-order valence-corrected chi connectivity index (χ4v) is 5.46. The number of nitrogens with one attached hydrogen (secondary N) is 4. The van der Waals surface area contributed by atoms with E-state index in [2.05, 4.69) is 30.9 Å². The lowest BCUT2D eigenvalue weighted by Crippen LogP contribution is -2.57. The number of carbonyl (C=O) groups is 5. The first-order valence-electron chi connectivity index (χ1n) is 15.2. The minimum absolute atomic E-state index is 0.0843. The minimum Gasteiger partial charge on any atom is -0.480 e. The van der Waals surface area contributed by atoms with Gasteiger partial charge in [0.25, 0.3) is 5.91 Å². The van der Waals surface area contributed by atoms with Gasteiger partial charge in [0.1, 0.15) is 18.1 Å². The van der Waals surface area contributed by atoms with Gasteiger partial charge in [0, 0.05) is 24.9 Å². The van der Waals surface area contributed by atoms with Gasteiger partial charge in [-0.05, 0) is 47.9 Å². The number of halogens is 3. The van der Waals surface area contributed by atoms with Crippen molar-refractivity contribution >= 4 is 40.4 Å². The van der Waals surface area contributed by atoms with Crippen LogP contribution in [0.15, 0.2) is 53.1 Å².